The summed E-state index contributed by atoms with van der Waals surface area (Å²) in [6.07, 6.45) is -2.55. The SMILES string of the molecule is NCc1cccc2nc(-c3ccc(C(F)(F)F)cc3)cn12. The number of halogens is 3. The number of aromatic nitrogens is 2. The molecule has 2 N–H and O–H groups in total. The van der Waals surface area contributed by atoms with Gasteiger partial charge < -0.3 is 10.1 Å². The minimum Gasteiger partial charge on any atom is -0.325 e. The van der Waals surface area contributed by atoms with E-state index in [-0.39, 0.29) is 0 Å². The zero-order chi connectivity index (χ0) is 15.0. The van der Waals surface area contributed by atoms with E-state index in [9.17, 15) is 13.2 Å². The zero-order valence-corrected chi connectivity index (χ0v) is 10.9. The summed E-state index contributed by atoms with van der Waals surface area (Å²) in [7, 11) is 0. The zero-order valence-electron chi connectivity index (χ0n) is 10.9. The lowest BCUT2D eigenvalue weighted by Crippen LogP contribution is -2.04. The molecule has 6 heteroatoms. The van der Waals surface area contributed by atoms with E-state index in [0.29, 0.717) is 23.4 Å². The predicted molar refractivity (Wildman–Crippen MR) is 73.5 cm³/mol. The van der Waals surface area contributed by atoms with E-state index < -0.39 is 11.7 Å². The summed E-state index contributed by atoms with van der Waals surface area (Å²) in [5.41, 5.74) is 7.84. The molecule has 0 atom stereocenters. The highest BCUT2D eigenvalue weighted by molar-refractivity contribution is 5.63. The molecule has 0 aliphatic rings. The minimum atomic E-state index is -4.33. The second kappa shape index (κ2) is 4.89. The van der Waals surface area contributed by atoms with Crippen molar-refractivity contribution >= 4 is 5.65 Å². The fourth-order valence-corrected chi connectivity index (χ4v) is 2.20. The van der Waals surface area contributed by atoms with Crippen LogP contribution in [0.15, 0.2) is 48.7 Å². The Kier molecular flexibility index (Phi) is 3.17. The van der Waals surface area contributed by atoms with Crippen LogP contribution in [0.3, 0.4) is 0 Å². The normalized spacial score (nSPS) is 12.0. The maximum absolute atomic E-state index is 12.6. The van der Waals surface area contributed by atoms with Crippen molar-refractivity contribution in [3.63, 3.8) is 0 Å². The first kappa shape index (κ1) is 13.6. The van der Waals surface area contributed by atoms with Gasteiger partial charge in [-0.05, 0) is 24.3 Å². The smallest absolute Gasteiger partial charge is 0.325 e. The van der Waals surface area contributed by atoms with Crippen LogP contribution >= 0.6 is 0 Å². The Morgan fingerprint density at radius 1 is 1.05 bits per heavy atom. The monoisotopic (exact) mass is 291 g/mol. The number of alkyl halides is 3. The second-order valence-electron chi connectivity index (χ2n) is 4.65. The van der Waals surface area contributed by atoms with Gasteiger partial charge in [0.05, 0.1) is 11.3 Å². The molecule has 0 fully saturated rings. The van der Waals surface area contributed by atoms with Crippen LogP contribution in [-0.2, 0) is 12.7 Å². The van der Waals surface area contributed by atoms with Crippen molar-refractivity contribution < 1.29 is 13.2 Å². The third-order valence-corrected chi connectivity index (χ3v) is 3.29. The number of rotatable bonds is 2. The maximum atomic E-state index is 12.6. The number of fused-ring (bicyclic) bond motifs is 1. The standard InChI is InChI=1S/C15H12F3N3/c16-15(17,18)11-6-4-10(5-7-11)13-9-21-12(8-19)2-1-3-14(21)20-13/h1-7,9H,8,19H2. The van der Waals surface area contributed by atoms with E-state index in [4.69, 9.17) is 5.73 Å². The van der Waals surface area contributed by atoms with E-state index in [0.717, 1.165) is 17.8 Å². The van der Waals surface area contributed by atoms with Gasteiger partial charge in [0.15, 0.2) is 0 Å². The molecule has 3 aromatic rings. The van der Waals surface area contributed by atoms with Gasteiger partial charge in [0, 0.05) is 24.0 Å². The number of benzene rings is 1. The van der Waals surface area contributed by atoms with Crippen molar-refractivity contribution in [2.45, 2.75) is 12.7 Å². The molecule has 0 radical (unpaired) electrons. The van der Waals surface area contributed by atoms with Crippen molar-refractivity contribution in [2.24, 2.45) is 5.73 Å². The molecular formula is C15H12F3N3. The van der Waals surface area contributed by atoms with E-state index in [2.05, 4.69) is 4.98 Å². The molecule has 2 aromatic heterocycles. The molecule has 0 amide bonds. The Hall–Kier alpha value is -2.34. The molecule has 0 unspecified atom stereocenters. The van der Waals surface area contributed by atoms with Gasteiger partial charge in [-0.3, -0.25) is 0 Å². The number of nitrogens with two attached hydrogens (primary N) is 1. The molecule has 108 valence electrons. The summed E-state index contributed by atoms with van der Waals surface area (Å²) >= 11 is 0. The molecule has 0 saturated carbocycles. The lowest BCUT2D eigenvalue weighted by molar-refractivity contribution is -0.137. The Morgan fingerprint density at radius 2 is 1.76 bits per heavy atom. The first-order chi connectivity index (χ1) is 9.99. The Morgan fingerprint density at radius 3 is 2.38 bits per heavy atom. The van der Waals surface area contributed by atoms with Crippen molar-refractivity contribution in [3.05, 3.63) is 59.9 Å². The second-order valence-corrected chi connectivity index (χ2v) is 4.65. The van der Waals surface area contributed by atoms with Crippen LogP contribution in [0, 0.1) is 0 Å². The molecule has 0 bridgehead atoms. The largest absolute Gasteiger partial charge is 0.416 e. The summed E-state index contributed by atoms with van der Waals surface area (Å²) in [4.78, 5) is 4.41. The molecule has 0 aliphatic carbocycles. The lowest BCUT2D eigenvalue weighted by atomic mass is 10.1. The van der Waals surface area contributed by atoms with Crippen molar-refractivity contribution in [2.75, 3.05) is 0 Å². The molecular weight excluding hydrogens is 279 g/mol. The number of hydrogen-bond acceptors (Lipinski definition) is 2. The van der Waals surface area contributed by atoms with E-state index in [1.54, 1.807) is 6.20 Å². The summed E-state index contributed by atoms with van der Waals surface area (Å²) in [5, 5.41) is 0. The number of imidazole rings is 1. The van der Waals surface area contributed by atoms with Gasteiger partial charge in [0.25, 0.3) is 0 Å². The Bertz CT molecular complexity index is 773. The Balaban J connectivity index is 2.04. The van der Waals surface area contributed by atoms with Crippen LogP contribution in [0.4, 0.5) is 13.2 Å². The summed E-state index contributed by atoms with van der Waals surface area (Å²) < 4.78 is 39.5. The van der Waals surface area contributed by atoms with Crippen LogP contribution < -0.4 is 5.73 Å². The van der Waals surface area contributed by atoms with Gasteiger partial charge in [-0.2, -0.15) is 13.2 Å². The quantitative estimate of drug-likeness (QED) is 0.785. The molecule has 3 nitrogen and oxygen atoms in total. The molecule has 0 saturated heterocycles. The Labute approximate surface area is 118 Å². The van der Waals surface area contributed by atoms with Gasteiger partial charge in [-0.15, -0.1) is 0 Å². The lowest BCUT2D eigenvalue weighted by Gasteiger charge is -2.06. The highest BCUT2D eigenvalue weighted by Gasteiger charge is 2.30. The number of pyridine rings is 1. The van der Waals surface area contributed by atoms with Crippen LogP contribution in [-0.4, -0.2) is 9.38 Å². The van der Waals surface area contributed by atoms with Crippen molar-refractivity contribution in [1.29, 1.82) is 0 Å². The van der Waals surface area contributed by atoms with Crippen LogP contribution in [0.5, 0.6) is 0 Å². The van der Waals surface area contributed by atoms with Gasteiger partial charge in [-0.25, -0.2) is 4.98 Å². The van der Waals surface area contributed by atoms with Crippen molar-refractivity contribution in [1.82, 2.24) is 9.38 Å². The van der Waals surface area contributed by atoms with Crippen LogP contribution in [0.25, 0.3) is 16.9 Å². The average molecular weight is 291 g/mol. The topological polar surface area (TPSA) is 43.3 Å². The number of nitrogens with zero attached hydrogens (tertiary/aromatic N) is 2. The third kappa shape index (κ3) is 2.50. The van der Waals surface area contributed by atoms with Gasteiger partial charge in [0.1, 0.15) is 5.65 Å². The first-order valence-corrected chi connectivity index (χ1v) is 6.34. The molecule has 3 rings (SSSR count). The summed E-state index contributed by atoms with van der Waals surface area (Å²) in [5.74, 6) is 0. The highest BCUT2D eigenvalue weighted by Crippen LogP contribution is 2.30. The highest BCUT2D eigenvalue weighted by atomic mass is 19.4. The fraction of sp³-hybridized carbons (Fsp3) is 0.133. The molecule has 0 spiro atoms. The van der Waals surface area contributed by atoms with Gasteiger partial charge >= 0.3 is 6.18 Å². The van der Waals surface area contributed by atoms with Crippen LogP contribution in [0.1, 0.15) is 11.3 Å². The van der Waals surface area contributed by atoms with Gasteiger partial charge in [0.2, 0.25) is 0 Å². The predicted octanol–water partition coefficient (Wildman–Crippen LogP) is 3.48. The first-order valence-electron chi connectivity index (χ1n) is 6.34. The average Bonchev–Trinajstić information content (AvgIpc) is 2.90. The third-order valence-electron chi connectivity index (χ3n) is 3.29. The van der Waals surface area contributed by atoms with Crippen molar-refractivity contribution in [3.8, 4) is 11.3 Å². The van der Waals surface area contributed by atoms with E-state index >= 15 is 0 Å². The van der Waals surface area contributed by atoms with Crippen LogP contribution in [0.2, 0.25) is 0 Å². The molecule has 0 aliphatic heterocycles. The fourth-order valence-electron chi connectivity index (χ4n) is 2.20. The summed E-state index contributed by atoms with van der Waals surface area (Å²) in [6.45, 7) is 0.361. The maximum Gasteiger partial charge on any atom is 0.416 e. The van der Waals surface area contributed by atoms with E-state index in [1.165, 1.54) is 12.1 Å². The minimum absolute atomic E-state index is 0.361. The van der Waals surface area contributed by atoms with Gasteiger partial charge in [-0.1, -0.05) is 18.2 Å². The van der Waals surface area contributed by atoms with E-state index in [1.807, 2.05) is 22.6 Å². The number of hydrogen-bond donors (Lipinski definition) is 1. The summed E-state index contributed by atoms with van der Waals surface area (Å²) in [6, 6.07) is 10.5. The molecule has 2 heterocycles. The molecule has 21 heavy (non-hydrogen) atoms. The molecule has 1 aromatic carbocycles.